The summed E-state index contributed by atoms with van der Waals surface area (Å²) in [7, 11) is -1.96. The molecule has 2 aromatic carbocycles. The second-order valence-electron chi connectivity index (χ2n) is 6.79. The van der Waals surface area contributed by atoms with Crippen LogP contribution in [0.5, 0.6) is 11.5 Å². The van der Waals surface area contributed by atoms with Gasteiger partial charge in [-0.05, 0) is 42.5 Å². The Morgan fingerprint density at radius 2 is 1.77 bits per heavy atom. The van der Waals surface area contributed by atoms with Gasteiger partial charge in [-0.3, -0.25) is 0 Å². The molecule has 0 amide bonds. The molecule has 138 valence electrons. The average Bonchev–Trinajstić information content (AvgIpc) is 2.91. The van der Waals surface area contributed by atoms with Crippen molar-refractivity contribution in [3.8, 4) is 11.5 Å². The van der Waals surface area contributed by atoms with Crippen molar-refractivity contribution in [2.24, 2.45) is 0 Å². The number of hydrogen-bond acceptors (Lipinski definition) is 4. The maximum absolute atomic E-state index is 13.2. The largest absolute Gasteiger partial charge is 0.490 e. The van der Waals surface area contributed by atoms with Gasteiger partial charge in [0.1, 0.15) is 0 Å². The summed E-state index contributed by atoms with van der Waals surface area (Å²) in [6.45, 7) is 1.11. The predicted octanol–water partition coefficient (Wildman–Crippen LogP) is 3.55. The van der Waals surface area contributed by atoms with E-state index in [1.165, 1.54) is 9.87 Å². The number of nitrogens with zero attached hydrogens (tertiary/aromatic N) is 1. The minimum absolute atomic E-state index is 0.138. The molecule has 0 aromatic heterocycles. The van der Waals surface area contributed by atoms with Crippen LogP contribution < -0.4 is 9.47 Å². The summed E-state index contributed by atoms with van der Waals surface area (Å²) in [5.74, 6) is 1.10. The fourth-order valence-electron chi connectivity index (χ4n) is 3.74. The van der Waals surface area contributed by atoms with Gasteiger partial charge in [0.15, 0.2) is 11.5 Å². The van der Waals surface area contributed by atoms with Crippen LogP contribution >= 0.6 is 0 Å². The van der Waals surface area contributed by atoms with Crippen LogP contribution in [0.15, 0.2) is 47.4 Å². The van der Waals surface area contributed by atoms with E-state index < -0.39 is 10.0 Å². The van der Waals surface area contributed by atoms with Gasteiger partial charge in [-0.1, -0.05) is 24.3 Å². The highest BCUT2D eigenvalue weighted by molar-refractivity contribution is 7.89. The van der Waals surface area contributed by atoms with Crippen molar-refractivity contribution in [1.29, 1.82) is 0 Å². The van der Waals surface area contributed by atoms with Crippen molar-refractivity contribution in [2.75, 3.05) is 20.3 Å². The number of rotatable bonds is 3. The molecule has 0 radical (unpaired) electrons. The average molecular weight is 373 g/mol. The van der Waals surface area contributed by atoms with Crippen molar-refractivity contribution in [3.63, 3.8) is 0 Å². The van der Waals surface area contributed by atoms with E-state index in [0.29, 0.717) is 24.7 Å². The van der Waals surface area contributed by atoms with Crippen LogP contribution in [0.3, 0.4) is 0 Å². The first-order chi connectivity index (χ1) is 12.6. The maximum Gasteiger partial charge on any atom is 0.243 e. The van der Waals surface area contributed by atoms with Crippen molar-refractivity contribution in [2.45, 2.75) is 36.6 Å². The van der Waals surface area contributed by atoms with Gasteiger partial charge in [-0.15, -0.1) is 0 Å². The fraction of sp³-hybridized carbons (Fsp3) is 0.400. The number of benzene rings is 2. The first-order valence-corrected chi connectivity index (χ1v) is 10.5. The van der Waals surface area contributed by atoms with Gasteiger partial charge in [-0.25, -0.2) is 8.42 Å². The Balaban J connectivity index is 1.68. The SMILES string of the molecule is CN([C@@H]1CCCc2ccccc21)S(=O)(=O)c1ccc2c(c1)OCCCO2. The number of fused-ring (bicyclic) bond motifs is 2. The summed E-state index contributed by atoms with van der Waals surface area (Å²) in [5.41, 5.74) is 2.35. The molecule has 4 rings (SSSR count). The van der Waals surface area contributed by atoms with E-state index in [4.69, 9.17) is 9.47 Å². The molecule has 0 saturated carbocycles. The molecule has 1 heterocycles. The zero-order valence-electron chi connectivity index (χ0n) is 14.8. The second kappa shape index (κ2) is 6.93. The Labute approximate surface area is 154 Å². The molecule has 0 fully saturated rings. The normalized spacial score (nSPS) is 19.7. The van der Waals surface area contributed by atoms with Crippen LogP contribution in [0, 0.1) is 0 Å². The number of hydrogen-bond donors (Lipinski definition) is 0. The standard InChI is InChI=1S/C20H23NO4S/c1-21(18-9-4-7-15-6-2-3-8-17(15)18)26(22,23)16-10-11-19-20(14-16)25-13-5-12-24-19/h2-3,6,8,10-11,14,18H,4-5,7,9,12-13H2,1H3/t18-/m1/s1. The third-order valence-electron chi connectivity index (χ3n) is 5.17. The smallest absolute Gasteiger partial charge is 0.243 e. The van der Waals surface area contributed by atoms with Crippen LogP contribution in [0.4, 0.5) is 0 Å². The summed E-state index contributed by atoms with van der Waals surface area (Å²) in [6.07, 6.45) is 3.61. The molecule has 0 N–H and O–H groups in total. The van der Waals surface area contributed by atoms with Gasteiger partial charge >= 0.3 is 0 Å². The van der Waals surface area contributed by atoms with E-state index in [9.17, 15) is 8.42 Å². The van der Waals surface area contributed by atoms with E-state index in [1.54, 1.807) is 25.2 Å². The van der Waals surface area contributed by atoms with Crippen LogP contribution in [0.2, 0.25) is 0 Å². The van der Waals surface area contributed by atoms with Gasteiger partial charge in [0.05, 0.1) is 18.1 Å². The Morgan fingerprint density at radius 1 is 1.00 bits per heavy atom. The molecule has 26 heavy (non-hydrogen) atoms. The zero-order chi connectivity index (χ0) is 18.1. The Bertz CT molecular complexity index is 910. The minimum atomic E-state index is -3.63. The molecule has 1 aliphatic heterocycles. The first kappa shape index (κ1) is 17.4. The molecule has 0 saturated heterocycles. The predicted molar refractivity (Wildman–Crippen MR) is 99.1 cm³/mol. The van der Waals surface area contributed by atoms with Gasteiger partial charge < -0.3 is 9.47 Å². The topological polar surface area (TPSA) is 55.8 Å². The fourth-order valence-corrected chi connectivity index (χ4v) is 5.13. The van der Waals surface area contributed by atoms with Crippen LogP contribution in [-0.2, 0) is 16.4 Å². The summed E-state index contributed by atoms with van der Waals surface area (Å²) in [5, 5.41) is 0. The molecular weight excluding hydrogens is 350 g/mol. The van der Waals surface area contributed by atoms with Gasteiger partial charge in [0, 0.05) is 25.6 Å². The summed E-state index contributed by atoms with van der Waals surface area (Å²) in [4.78, 5) is 0.243. The zero-order valence-corrected chi connectivity index (χ0v) is 15.7. The molecule has 1 atom stereocenters. The molecule has 2 aromatic rings. The van der Waals surface area contributed by atoms with Crippen molar-refractivity contribution in [1.82, 2.24) is 4.31 Å². The monoisotopic (exact) mass is 373 g/mol. The number of aryl methyl sites for hydroxylation is 1. The van der Waals surface area contributed by atoms with Crippen molar-refractivity contribution >= 4 is 10.0 Å². The molecular formula is C20H23NO4S. The highest BCUT2D eigenvalue weighted by Crippen LogP contribution is 2.38. The van der Waals surface area contributed by atoms with Gasteiger partial charge in [0.2, 0.25) is 10.0 Å². The highest BCUT2D eigenvalue weighted by Gasteiger charge is 2.32. The maximum atomic E-state index is 13.2. The van der Waals surface area contributed by atoms with Crippen molar-refractivity contribution in [3.05, 3.63) is 53.6 Å². The first-order valence-electron chi connectivity index (χ1n) is 9.03. The lowest BCUT2D eigenvalue weighted by Gasteiger charge is -2.32. The van der Waals surface area contributed by atoms with Gasteiger partial charge in [0.25, 0.3) is 0 Å². The minimum Gasteiger partial charge on any atom is -0.490 e. The second-order valence-corrected chi connectivity index (χ2v) is 8.78. The Hall–Kier alpha value is -2.05. The van der Waals surface area contributed by atoms with Crippen LogP contribution in [0.1, 0.15) is 36.4 Å². The lowest BCUT2D eigenvalue weighted by atomic mass is 9.88. The number of ether oxygens (including phenoxy) is 2. The third kappa shape index (κ3) is 3.08. The third-order valence-corrected chi connectivity index (χ3v) is 7.04. The lowest BCUT2D eigenvalue weighted by molar-refractivity contribution is 0.296. The van der Waals surface area contributed by atoms with Crippen LogP contribution in [0.25, 0.3) is 0 Å². The summed E-state index contributed by atoms with van der Waals surface area (Å²) in [6, 6.07) is 12.9. The number of sulfonamides is 1. The summed E-state index contributed by atoms with van der Waals surface area (Å²) < 4.78 is 39.3. The lowest BCUT2D eigenvalue weighted by Crippen LogP contribution is -2.33. The quantitative estimate of drug-likeness (QED) is 0.826. The molecule has 6 heteroatoms. The molecule has 0 unspecified atom stereocenters. The molecule has 1 aliphatic carbocycles. The molecule has 5 nitrogen and oxygen atoms in total. The molecule has 0 spiro atoms. The van der Waals surface area contributed by atoms with E-state index in [2.05, 4.69) is 6.07 Å². The highest BCUT2D eigenvalue weighted by atomic mass is 32.2. The van der Waals surface area contributed by atoms with Gasteiger partial charge in [-0.2, -0.15) is 4.31 Å². The van der Waals surface area contributed by atoms with E-state index >= 15 is 0 Å². The van der Waals surface area contributed by atoms with E-state index in [-0.39, 0.29) is 10.9 Å². The van der Waals surface area contributed by atoms with E-state index in [1.807, 2.05) is 18.2 Å². The molecule has 0 bridgehead atoms. The van der Waals surface area contributed by atoms with E-state index in [0.717, 1.165) is 31.2 Å². The Morgan fingerprint density at radius 3 is 2.62 bits per heavy atom. The summed E-state index contributed by atoms with van der Waals surface area (Å²) >= 11 is 0. The Kier molecular flexibility index (Phi) is 4.63. The van der Waals surface area contributed by atoms with Crippen LogP contribution in [-0.4, -0.2) is 33.0 Å². The van der Waals surface area contributed by atoms with Crippen molar-refractivity contribution < 1.29 is 17.9 Å². The molecule has 2 aliphatic rings.